The number of nitrogens with zero attached hydrogens (tertiary/aromatic N) is 3. The zero-order valence-electron chi connectivity index (χ0n) is 16.8. The number of benzene rings is 2. The topological polar surface area (TPSA) is 74.2 Å². The molecule has 0 saturated heterocycles. The maximum absolute atomic E-state index is 13.1. The van der Waals surface area contributed by atoms with Crippen molar-refractivity contribution in [1.82, 2.24) is 15.3 Å². The van der Waals surface area contributed by atoms with Gasteiger partial charge in [-0.05, 0) is 68.4 Å². The first kappa shape index (κ1) is 21.3. The molecule has 2 aromatic carbocycles. The molecule has 0 atom stereocenters. The molecule has 0 spiro atoms. The molecule has 3 rings (SSSR count). The zero-order valence-corrected chi connectivity index (χ0v) is 17.6. The summed E-state index contributed by atoms with van der Waals surface area (Å²) >= 11 is 5.38. The summed E-state index contributed by atoms with van der Waals surface area (Å²) in [6.07, 6.45) is 0.777. The van der Waals surface area contributed by atoms with Gasteiger partial charge in [0.25, 0.3) is 0 Å². The van der Waals surface area contributed by atoms with Gasteiger partial charge in [-0.3, -0.25) is 10.3 Å². The van der Waals surface area contributed by atoms with Crippen LogP contribution in [0.1, 0.15) is 17.0 Å². The van der Waals surface area contributed by atoms with Crippen molar-refractivity contribution in [2.24, 2.45) is 4.99 Å². The van der Waals surface area contributed by atoms with Crippen LogP contribution in [-0.4, -0.2) is 27.6 Å². The van der Waals surface area contributed by atoms with Gasteiger partial charge in [-0.15, -0.1) is 0 Å². The largest absolute Gasteiger partial charge is 0.332 e. The number of anilines is 2. The van der Waals surface area contributed by atoms with Crippen LogP contribution in [0.2, 0.25) is 0 Å². The first-order valence-corrected chi connectivity index (χ1v) is 9.90. The molecular formula is C22H23FN6S. The summed E-state index contributed by atoms with van der Waals surface area (Å²) in [4.78, 5) is 13.4. The number of aryl methyl sites for hydroxylation is 2. The monoisotopic (exact) mass is 422 g/mol. The number of thiocarbonyl (C=S) groups is 1. The Morgan fingerprint density at radius 2 is 1.63 bits per heavy atom. The van der Waals surface area contributed by atoms with Crippen LogP contribution >= 0.6 is 12.2 Å². The zero-order chi connectivity index (χ0) is 21.3. The Hall–Kier alpha value is -3.39. The highest BCUT2D eigenvalue weighted by Crippen LogP contribution is 2.08. The van der Waals surface area contributed by atoms with Gasteiger partial charge in [0, 0.05) is 23.6 Å². The number of hydrogen-bond donors (Lipinski definition) is 3. The minimum atomic E-state index is -0.309. The van der Waals surface area contributed by atoms with E-state index in [2.05, 4.69) is 43.0 Å². The maximum Gasteiger partial charge on any atom is 0.229 e. The molecule has 0 fully saturated rings. The Balaban J connectivity index is 1.70. The number of hydrogen-bond acceptors (Lipinski definition) is 4. The molecule has 3 aromatic rings. The highest BCUT2D eigenvalue weighted by Gasteiger charge is 2.07. The molecular weight excluding hydrogens is 399 g/mol. The molecule has 154 valence electrons. The third-order valence-electron chi connectivity index (χ3n) is 4.06. The van der Waals surface area contributed by atoms with E-state index in [1.54, 1.807) is 12.1 Å². The Kier molecular flexibility index (Phi) is 7.40. The third-order valence-corrected chi connectivity index (χ3v) is 4.26. The van der Waals surface area contributed by atoms with Gasteiger partial charge in [0.2, 0.25) is 11.9 Å². The number of rotatable bonds is 5. The lowest BCUT2D eigenvalue weighted by molar-refractivity contribution is 0.628. The van der Waals surface area contributed by atoms with Crippen molar-refractivity contribution in [3.63, 3.8) is 0 Å². The molecule has 30 heavy (non-hydrogen) atoms. The van der Waals surface area contributed by atoms with E-state index < -0.39 is 0 Å². The minimum absolute atomic E-state index is 0.309. The van der Waals surface area contributed by atoms with Gasteiger partial charge in [-0.1, -0.05) is 30.3 Å². The molecule has 6 nitrogen and oxygen atoms in total. The molecule has 0 unspecified atom stereocenters. The summed E-state index contributed by atoms with van der Waals surface area (Å²) in [6, 6.07) is 17.9. The van der Waals surface area contributed by atoms with Crippen molar-refractivity contribution in [2.45, 2.75) is 20.3 Å². The average molecular weight is 423 g/mol. The van der Waals surface area contributed by atoms with E-state index in [0.29, 0.717) is 29.3 Å². The van der Waals surface area contributed by atoms with Gasteiger partial charge < -0.3 is 10.6 Å². The highest BCUT2D eigenvalue weighted by molar-refractivity contribution is 7.80. The number of aliphatic imine (C=N–C) groups is 1. The molecule has 1 aromatic heterocycles. The Labute approximate surface area is 180 Å². The van der Waals surface area contributed by atoms with Crippen LogP contribution < -0.4 is 16.0 Å². The van der Waals surface area contributed by atoms with E-state index in [9.17, 15) is 4.39 Å². The number of guanidine groups is 1. The van der Waals surface area contributed by atoms with Gasteiger partial charge in [-0.25, -0.2) is 14.4 Å². The maximum atomic E-state index is 13.1. The normalized spacial score (nSPS) is 11.1. The summed E-state index contributed by atoms with van der Waals surface area (Å²) < 4.78 is 13.1. The van der Waals surface area contributed by atoms with Crippen LogP contribution in [0.15, 0.2) is 65.7 Å². The Bertz CT molecular complexity index is 1000. The minimum Gasteiger partial charge on any atom is -0.332 e. The van der Waals surface area contributed by atoms with E-state index >= 15 is 0 Å². The molecule has 0 saturated carbocycles. The van der Waals surface area contributed by atoms with E-state index in [1.165, 1.54) is 17.7 Å². The SMILES string of the molecule is Cc1cc(C)nc(NC(=NCCc2ccccc2)NC(=S)Nc2ccc(F)cc2)n1. The van der Waals surface area contributed by atoms with E-state index in [0.717, 1.165) is 17.8 Å². The molecule has 0 amide bonds. The van der Waals surface area contributed by atoms with Crippen molar-refractivity contribution in [1.29, 1.82) is 0 Å². The second-order valence-corrected chi connectivity index (χ2v) is 7.06. The van der Waals surface area contributed by atoms with Crippen LogP contribution in [0.3, 0.4) is 0 Å². The number of halogens is 1. The lowest BCUT2D eigenvalue weighted by Gasteiger charge is -2.14. The first-order chi connectivity index (χ1) is 14.5. The van der Waals surface area contributed by atoms with Crippen LogP contribution in [0.5, 0.6) is 0 Å². The molecule has 3 N–H and O–H groups in total. The van der Waals surface area contributed by atoms with Crippen LogP contribution in [0, 0.1) is 19.7 Å². The smallest absolute Gasteiger partial charge is 0.229 e. The summed E-state index contributed by atoms with van der Waals surface area (Å²) in [7, 11) is 0. The lowest BCUT2D eigenvalue weighted by Crippen LogP contribution is -2.39. The lowest BCUT2D eigenvalue weighted by atomic mass is 10.2. The predicted molar refractivity (Wildman–Crippen MR) is 123 cm³/mol. The summed E-state index contributed by atoms with van der Waals surface area (Å²) in [6.45, 7) is 4.35. The second-order valence-electron chi connectivity index (χ2n) is 6.65. The Morgan fingerprint density at radius 1 is 0.967 bits per heavy atom. The van der Waals surface area contributed by atoms with Gasteiger partial charge in [-0.2, -0.15) is 0 Å². The van der Waals surface area contributed by atoms with E-state index in [1.807, 2.05) is 38.1 Å². The van der Waals surface area contributed by atoms with Crippen LogP contribution in [-0.2, 0) is 6.42 Å². The van der Waals surface area contributed by atoms with Crippen LogP contribution in [0.25, 0.3) is 0 Å². The number of aromatic nitrogens is 2. The predicted octanol–water partition coefficient (Wildman–Crippen LogP) is 4.23. The van der Waals surface area contributed by atoms with Gasteiger partial charge in [0.1, 0.15) is 5.82 Å². The molecule has 0 aliphatic rings. The fourth-order valence-corrected chi connectivity index (χ4v) is 2.96. The summed E-state index contributed by atoms with van der Waals surface area (Å²) in [5.41, 5.74) is 3.55. The summed E-state index contributed by atoms with van der Waals surface area (Å²) in [5, 5.41) is 9.47. The standard InChI is InChI=1S/C22H23FN6S/c1-15-14-16(2)26-21(25-15)28-20(24-13-12-17-6-4-3-5-7-17)29-22(30)27-19-10-8-18(23)9-11-19/h3-11,14H,12-13H2,1-2H3,(H3,24,25,26,27,28,29,30). The molecule has 0 bridgehead atoms. The van der Waals surface area contributed by atoms with Crippen LogP contribution in [0.4, 0.5) is 16.0 Å². The third kappa shape index (κ3) is 6.89. The van der Waals surface area contributed by atoms with Gasteiger partial charge in [0.05, 0.1) is 0 Å². The highest BCUT2D eigenvalue weighted by atomic mass is 32.1. The molecule has 0 aliphatic carbocycles. The van der Waals surface area contributed by atoms with Gasteiger partial charge in [0.15, 0.2) is 5.11 Å². The van der Waals surface area contributed by atoms with Gasteiger partial charge >= 0.3 is 0 Å². The molecule has 1 heterocycles. The Morgan fingerprint density at radius 3 is 2.30 bits per heavy atom. The van der Waals surface area contributed by atoms with Crippen molar-refractivity contribution in [3.8, 4) is 0 Å². The second kappa shape index (κ2) is 10.4. The van der Waals surface area contributed by atoms with Crippen molar-refractivity contribution < 1.29 is 4.39 Å². The molecule has 8 heteroatoms. The quantitative estimate of drug-likeness (QED) is 0.325. The van der Waals surface area contributed by atoms with E-state index in [-0.39, 0.29) is 5.82 Å². The van der Waals surface area contributed by atoms with Crippen molar-refractivity contribution >= 4 is 34.9 Å². The fraction of sp³-hybridized carbons (Fsp3) is 0.182. The molecule has 0 aliphatic heterocycles. The number of nitrogens with one attached hydrogen (secondary N) is 3. The first-order valence-electron chi connectivity index (χ1n) is 9.49. The van der Waals surface area contributed by atoms with E-state index in [4.69, 9.17) is 12.2 Å². The average Bonchev–Trinajstić information content (AvgIpc) is 2.69. The summed E-state index contributed by atoms with van der Waals surface area (Å²) in [5.74, 6) is 0.551. The van der Waals surface area contributed by atoms with Crippen molar-refractivity contribution in [3.05, 3.63) is 83.4 Å². The molecule has 0 radical (unpaired) electrons. The fourth-order valence-electron chi connectivity index (χ4n) is 2.74. The van der Waals surface area contributed by atoms with Crippen molar-refractivity contribution in [2.75, 3.05) is 17.2 Å².